The zero-order chi connectivity index (χ0) is 16.2. The SMILES string of the molecule is COCCN1C[C@H](C(=O)N[C@@H]2CCOc3ccccc32)CC1=O. The van der Waals surface area contributed by atoms with Crippen LogP contribution in [0.1, 0.15) is 24.4 Å². The van der Waals surface area contributed by atoms with Crippen molar-refractivity contribution in [1.29, 1.82) is 0 Å². The second-order valence-electron chi connectivity index (χ2n) is 5.97. The molecule has 6 heteroatoms. The standard InChI is InChI=1S/C17H22N2O4/c1-22-9-7-19-11-12(10-16(19)20)17(21)18-14-6-8-23-15-5-3-2-4-13(14)15/h2-5,12,14H,6-11H2,1H3,(H,18,21)/t12-,14-/m1/s1. The number of likely N-dealkylation sites (tertiary alicyclic amines) is 1. The maximum Gasteiger partial charge on any atom is 0.225 e. The Morgan fingerprint density at radius 2 is 2.26 bits per heavy atom. The molecule has 3 rings (SSSR count). The maximum absolute atomic E-state index is 12.5. The second-order valence-corrected chi connectivity index (χ2v) is 5.97. The minimum Gasteiger partial charge on any atom is -0.493 e. The van der Waals surface area contributed by atoms with E-state index in [0.717, 1.165) is 17.7 Å². The summed E-state index contributed by atoms with van der Waals surface area (Å²) in [7, 11) is 1.60. The molecule has 0 aliphatic carbocycles. The monoisotopic (exact) mass is 318 g/mol. The molecule has 2 aliphatic rings. The van der Waals surface area contributed by atoms with Gasteiger partial charge in [-0.2, -0.15) is 0 Å². The highest BCUT2D eigenvalue weighted by Crippen LogP contribution is 2.32. The fourth-order valence-corrected chi connectivity index (χ4v) is 3.15. The van der Waals surface area contributed by atoms with Crippen LogP contribution < -0.4 is 10.1 Å². The van der Waals surface area contributed by atoms with Crippen molar-refractivity contribution in [2.75, 3.05) is 33.4 Å². The molecule has 1 saturated heterocycles. The van der Waals surface area contributed by atoms with Crippen LogP contribution in [0, 0.1) is 5.92 Å². The normalized spacial score (nSPS) is 23.3. The van der Waals surface area contributed by atoms with Crippen molar-refractivity contribution in [3.05, 3.63) is 29.8 Å². The number of nitrogens with one attached hydrogen (secondary N) is 1. The van der Waals surface area contributed by atoms with Crippen molar-refractivity contribution < 1.29 is 19.1 Å². The summed E-state index contributed by atoms with van der Waals surface area (Å²) in [5.74, 6) is 0.511. The Balaban J connectivity index is 1.61. The molecular weight excluding hydrogens is 296 g/mol. The molecule has 1 N–H and O–H groups in total. The molecular formula is C17H22N2O4. The average molecular weight is 318 g/mol. The summed E-state index contributed by atoms with van der Waals surface area (Å²) in [4.78, 5) is 26.2. The lowest BCUT2D eigenvalue weighted by Crippen LogP contribution is -2.37. The molecule has 6 nitrogen and oxygen atoms in total. The van der Waals surface area contributed by atoms with E-state index in [0.29, 0.717) is 26.3 Å². The van der Waals surface area contributed by atoms with Gasteiger partial charge in [-0.3, -0.25) is 9.59 Å². The summed E-state index contributed by atoms with van der Waals surface area (Å²) >= 11 is 0. The number of para-hydroxylation sites is 1. The van der Waals surface area contributed by atoms with Crippen LogP contribution in [0.3, 0.4) is 0 Å². The Bertz CT molecular complexity index is 590. The Labute approximate surface area is 135 Å². The van der Waals surface area contributed by atoms with E-state index in [-0.39, 0.29) is 30.2 Å². The molecule has 0 bridgehead atoms. The lowest BCUT2D eigenvalue weighted by molar-refractivity contribution is -0.129. The number of nitrogens with zero attached hydrogens (tertiary/aromatic N) is 1. The van der Waals surface area contributed by atoms with Crippen LogP contribution in [-0.2, 0) is 14.3 Å². The molecule has 0 aromatic heterocycles. The predicted molar refractivity (Wildman–Crippen MR) is 84.0 cm³/mol. The van der Waals surface area contributed by atoms with Crippen molar-refractivity contribution in [2.24, 2.45) is 5.92 Å². The highest BCUT2D eigenvalue weighted by molar-refractivity contribution is 5.89. The number of methoxy groups -OCH3 is 1. The van der Waals surface area contributed by atoms with Crippen LogP contribution in [-0.4, -0.2) is 50.1 Å². The Hall–Kier alpha value is -2.08. The van der Waals surface area contributed by atoms with E-state index in [4.69, 9.17) is 9.47 Å². The van der Waals surface area contributed by atoms with Crippen LogP contribution in [0.2, 0.25) is 0 Å². The number of carbonyl (C=O) groups is 2. The summed E-state index contributed by atoms with van der Waals surface area (Å²) in [6, 6.07) is 7.71. The second kappa shape index (κ2) is 7.00. The number of carbonyl (C=O) groups excluding carboxylic acids is 2. The van der Waals surface area contributed by atoms with Gasteiger partial charge in [-0.05, 0) is 6.07 Å². The Kier molecular flexibility index (Phi) is 4.81. The third kappa shape index (κ3) is 3.47. The highest BCUT2D eigenvalue weighted by Gasteiger charge is 2.35. The first-order valence-corrected chi connectivity index (χ1v) is 7.98. The molecule has 1 aromatic carbocycles. The summed E-state index contributed by atoms with van der Waals surface area (Å²) < 4.78 is 10.6. The van der Waals surface area contributed by atoms with Gasteiger partial charge in [0, 0.05) is 38.6 Å². The van der Waals surface area contributed by atoms with E-state index in [2.05, 4.69) is 5.32 Å². The molecule has 0 radical (unpaired) electrons. The van der Waals surface area contributed by atoms with Crippen molar-refractivity contribution in [3.8, 4) is 5.75 Å². The van der Waals surface area contributed by atoms with Gasteiger partial charge in [0.2, 0.25) is 11.8 Å². The topological polar surface area (TPSA) is 67.9 Å². The smallest absolute Gasteiger partial charge is 0.225 e. The molecule has 2 aliphatic heterocycles. The average Bonchev–Trinajstić information content (AvgIpc) is 2.94. The first-order chi connectivity index (χ1) is 11.2. The van der Waals surface area contributed by atoms with Gasteiger partial charge in [-0.25, -0.2) is 0 Å². The third-order valence-corrected chi connectivity index (χ3v) is 4.43. The Morgan fingerprint density at radius 3 is 3.09 bits per heavy atom. The molecule has 23 heavy (non-hydrogen) atoms. The van der Waals surface area contributed by atoms with Gasteiger partial charge in [0.1, 0.15) is 5.75 Å². The molecule has 1 aromatic rings. The van der Waals surface area contributed by atoms with E-state index < -0.39 is 0 Å². The number of rotatable bonds is 5. The zero-order valence-electron chi connectivity index (χ0n) is 13.3. The first-order valence-electron chi connectivity index (χ1n) is 7.98. The van der Waals surface area contributed by atoms with Crippen LogP contribution in [0.4, 0.5) is 0 Å². The van der Waals surface area contributed by atoms with E-state index in [1.807, 2.05) is 24.3 Å². The molecule has 2 amide bonds. The maximum atomic E-state index is 12.5. The van der Waals surface area contributed by atoms with Crippen LogP contribution in [0.15, 0.2) is 24.3 Å². The molecule has 2 heterocycles. The number of benzene rings is 1. The van der Waals surface area contributed by atoms with Gasteiger partial charge in [-0.1, -0.05) is 18.2 Å². The molecule has 124 valence electrons. The van der Waals surface area contributed by atoms with E-state index in [9.17, 15) is 9.59 Å². The third-order valence-electron chi connectivity index (χ3n) is 4.43. The van der Waals surface area contributed by atoms with Gasteiger partial charge in [0.25, 0.3) is 0 Å². The van der Waals surface area contributed by atoms with Gasteiger partial charge >= 0.3 is 0 Å². The van der Waals surface area contributed by atoms with Gasteiger partial charge in [0.15, 0.2) is 0 Å². The number of amides is 2. The van der Waals surface area contributed by atoms with Crippen LogP contribution in [0.25, 0.3) is 0 Å². The predicted octanol–water partition coefficient (Wildman–Crippen LogP) is 1.12. The molecule has 1 fully saturated rings. The first kappa shape index (κ1) is 15.8. The fourth-order valence-electron chi connectivity index (χ4n) is 3.15. The van der Waals surface area contributed by atoms with E-state index in [1.165, 1.54) is 0 Å². The Morgan fingerprint density at radius 1 is 1.43 bits per heavy atom. The van der Waals surface area contributed by atoms with E-state index in [1.54, 1.807) is 12.0 Å². The molecule has 0 spiro atoms. The number of ether oxygens (including phenoxy) is 2. The summed E-state index contributed by atoms with van der Waals surface area (Å²) in [5.41, 5.74) is 1.01. The van der Waals surface area contributed by atoms with E-state index >= 15 is 0 Å². The highest BCUT2D eigenvalue weighted by atomic mass is 16.5. The lowest BCUT2D eigenvalue weighted by atomic mass is 9.99. The molecule has 0 saturated carbocycles. The van der Waals surface area contributed by atoms with Crippen molar-refractivity contribution in [2.45, 2.75) is 18.9 Å². The summed E-state index contributed by atoms with van der Waals surface area (Å²) in [6.07, 6.45) is 1.03. The number of hydrogen-bond donors (Lipinski definition) is 1. The van der Waals surface area contributed by atoms with Crippen molar-refractivity contribution in [1.82, 2.24) is 10.2 Å². The van der Waals surface area contributed by atoms with Crippen LogP contribution >= 0.6 is 0 Å². The summed E-state index contributed by atoms with van der Waals surface area (Å²) in [6.45, 7) is 2.09. The van der Waals surface area contributed by atoms with Crippen molar-refractivity contribution >= 4 is 11.8 Å². The molecule has 2 atom stereocenters. The van der Waals surface area contributed by atoms with Gasteiger partial charge in [-0.15, -0.1) is 0 Å². The van der Waals surface area contributed by atoms with Crippen molar-refractivity contribution in [3.63, 3.8) is 0 Å². The minimum absolute atomic E-state index is 0.0228. The van der Waals surface area contributed by atoms with Gasteiger partial charge in [0.05, 0.1) is 25.2 Å². The number of fused-ring (bicyclic) bond motifs is 1. The lowest BCUT2D eigenvalue weighted by Gasteiger charge is -2.27. The van der Waals surface area contributed by atoms with Gasteiger partial charge < -0.3 is 19.7 Å². The zero-order valence-corrected chi connectivity index (χ0v) is 13.3. The molecule has 0 unspecified atom stereocenters. The van der Waals surface area contributed by atoms with Crippen LogP contribution in [0.5, 0.6) is 5.75 Å². The fraction of sp³-hybridized carbons (Fsp3) is 0.529. The largest absolute Gasteiger partial charge is 0.493 e. The minimum atomic E-state index is -0.283. The quantitative estimate of drug-likeness (QED) is 0.883. The summed E-state index contributed by atoms with van der Waals surface area (Å²) in [5, 5.41) is 3.09. The number of hydrogen-bond acceptors (Lipinski definition) is 4.